The van der Waals surface area contributed by atoms with E-state index in [9.17, 15) is 18.0 Å². The molecule has 1 aliphatic heterocycles. The summed E-state index contributed by atoms with van der Waals surface area (Å²) in [5.74, 6) is 0. The number of alkyl halides is 3. The molecule has 2 amide bonds. The molecule has 1 heterocycles. The Bertz CT molecular complexity index is 807. The van der Waals surface area contributed by atoms with Crippen LogP contribution in [0.25, 0.3) is 0 Å². The van der Waals surface area contributed by atoms with Crippen molar-refractivity contribution >= 4 is 6.03 Å². The van der Waals surface area contributed by atoms with Crippen molar-refractivity contribution in [3.05, 3.63) is 71.3 Å². The molecule has 1 fully saturated rings. The number of benzene rings is 2. The summed E-state index contributed by atoms with van der Waals surface area (Å²) >= 11 is 0. The minimum absolute atomic E-state index is 0.202. The number of carbonyl (C=O) groups excluding carboxylic acids is 1. The first-order chi connectivity index (χ1) is 14.3. The highest BCUT2D eigenvalue weighted by Crippen LogP contribution is 2.29. The Morgan fingerprint density at radius 3 is 2.33 bits per heavy atom. The van der Waals surface area contributed by atoms with Gasteiger partial charge in [0, 0.05) is 33.2 Å². The van der Waals surface area contributed by atoms with E-state index in [1.54, 1.807) is 7.05 Å². The van der Waals surface area contributed by atoms with Crippen molar-refractivity contribution in [2.24, 2.45) is 0 Å². The molecule has 8 heteroatoms. The molecule has 1 aliphatic rings. The molecule has 2 aromatic carbocycles. The van der Waals surface area contributed by atoms with Crippen LogP contribution in [0.15, 0.2) is 54.6 Å². The molecule has 30 heavy (non-hydrogen) atoms. The fourth-order valence-electron chi connectivity index (χ4n) is 3.37. The SMILES string of the molecule is CN(Cc1ccc(C(F)(F)F)cc1)C(=O)NC(CN1CCOCC1)c1ccccc1. The van der Waals surface area contributed by atoms with Crippen molar-refractivity contribution in [2.75, 3.05) is 39.9 Å². The molecule has 0 aromatic heterocycles. The normalized spacial score (nSPS) is 16.1. The van der Waals surface area contributed by atoms with Crippen LogP contribution in [0.5, 0.6) is 0 Å². The number of ether oxygens (including phenoxy) is 1. The number of nitrogens with one attached hydrogen (secondary N) is 1. The van der Waals surface area contributed by atoms with Gasteiger partial charge in [-0.2, -0.15) is 13.2 Å². The highest BCUT2D eigenvalue weighted by Gasteiger charge is 2.30. The highest BCUT2D eigenvalue weighted by atomic mass is 19.4. The third-order valence-corrected chi connectivity index (χ3v) is 5.09. The van der Waals surface area contributed by atoms with Gasteiger partial charge >= 0.3 is 12.2 Å². The Labute approximate surface area is 174 Å². The van der Waals surface area contributed by atoms with Gasteiger partial charge in [0.05, 0.1) is 24.8 Å². The lowest BCUT2D eigenvalue weighted by Crippen LogP contribution is -2.45. The maximum atomic E-state index is 12.8. The lowest BCUT2D eigenvalue weighted by molar-refractivity contribution is -0.137. The molecule has 1 N–H and O–H groups in total. The van der Waals surface area contributed by atoms with E-state index in [2.05, 4.69) is 10.2 Å². The van der Waals surface area contributed by atoms with Crippen LogP contribution in [0.2, 0.25) is 0 Å². The summed E-state index contributed by atoms with van der Waals surface area (Å²) in [6.45, 7) is 3.82. The van der Waals surface area contributed by atoms with E-state index in [0.717, 1.165) is 30.8 Å². The Kier molecular flexibility index (Phi) is 7.33. The number of carbonyl (C=O) groups is 1. The second-order valence-corrected chi connectivity index (χ2v) is 7.38. The quantitative estimate of drug-likeness (QED) is 0.769. The minimum atomic E-state index is -4.37. The van der Waals surface area contributed by atoms with Gasteiger partial charge in [-0.15, -0.1) is 0 Å². The third-order valence-electron chi connectivity index (χ3n) is 5.09. The van der Waals surface area contributed by atoms with Gasteiger partial charge in [0.25, 0.3) is 0 Å². The third kappa shape index (κ3) is 6.21. The Balaban J connectivity index is 1.63. The monoisotopic (exact) mass is 421 g/mol. The van der Waals surface area contributed by atoms with Gasteiger partial charge in [-0.1, -0.05) is 42.5 Å². The van der Waals surface area contributed by atoms with E-state index in [-0.39, 0.29) is 18.6 Å². The lowest BCUT2D eigenvalue weighted by atomic mass is 10.1. The summed E-state index contributed by atoms with van der Waals surface area (Å²) in [7, 11) is 1.63. The Hall–Kier alpha value is -2.58. The second kappa shape index (κ2) is 9.95. The lowest BCUT2D eigenvalue weighted by Gasteiger charge is -2.32. The molecule has 0 aliphatic carbocycles. The standard InChI is InChI=1S/C22H26F3N3O2/c1-27(15-17-7-9-19(10-8-17)22(23,24)25)21(29)26-20(18-5-3-2-4-6-18)16-28-11-13-30-14-12-28/h2-10,20H,11-16H2,1H3,(H,26,29). The number of nitrogens with zero attached hydrogens (tertiary/aromatic N) is 2. The zero-order chi connectivity index (χ0) is 21.6. The van der Waals surface area contributed by atoms with Crippen LogP contribution < -0.4 is 5.32 Å². The number of morpholine rings is 1. The first kappa shape index (κ1) is 22.1. The van der Waals surface area contributed by atoms with Crippen LogP contribution in [0.3, 0.4) is 0 Å². The van der Waals surface area contributed by atoms with Crippen molar-refractivity contribution in [3.8, 4) is 0 Å². The molecule has 5 nitrogen and oxygen atoms in total. The number of hydrogen-bond donors (Lipinski definition) is 1. The highest BCUT2D eigenvalue weighted by molar-refractivity contribution is 5.74. The van der Waals surface area contributed by atoms with E-state index < -0.39 is 11.7 Å². The molecular formula is C22H26F3N3O2. The molecule has 0 radical (unpaired) electrons. The first-order valence-electron chi connectivity index (χ1n) is 9.86. The predicted octanol–water partition coefficient (Wildman–Crippen LogP) is 3.92. The van der Waals surface area contributed by atoms with Gasteiger partial charge in [0.15, 0.2) is 0 Å². The summed E-state index contributed by atoms with van der Waals surface area (Å²) in [4.78, 5) is 16.5. The number of rotatable bonds is 6. The Morgan fingerprint density at radius 1 is 1.10 bits per heavy atom. The minimum Gasteiger partial charge on any atom is -0.379 e. The van der Waals surface area contributed by atoms with Crippen LogP contribution >= 0.6 is 0 Å². The maximum absolute atomic E-state index is 12.8. The van der Waals surface area contributed by atoms with Crippen molar-refractivity contribution in [3.63, 3.8) is 0 Å². The Morgan fingerprint density at radius 2 is 1.73 bits per heavy atom. The average Bonchev–Trinajstić information content (AvgIpc) is 2.74. The molecule has 0 saturated carbocycles. The zero-order valence-electron chi connectivity index (χ0n) is 16.9. The van der Waals surface area contributed by atoms with Gasteiger partial charge in [-0.05, 0) is 23.3 Å². The molecular weight excluding hydrogens is 395 g/mol. The number of amides is 2. The fourth-order valence-corrected chi connectivity index (χ4v) is 3.37. The maximum Gasteiger partial charge on any atom is 0.416 e. The van der Waals surface area contributed by atoms with E-state index in [1.807, 2.05) is 30.3 Å². The van der Waals surface area contributed by atoms with Gasteiger partial charge in [-0.3, -0.25) is 4.90 Å². The van der Waals surface area contributed by atoms with E-state index in [0.29, 0.717) is 25.3 Å². The average molecular weight is 421 g/mol. The zero-order valence-corrected chi connectivity index (χ0v) is 16.9. The van der Waals surface area contributed by atoms with Gasteiger partial charge in [-0.25, -0.2) is 4.79 Å². The summed E-state index contributed by atoms with van der Waals surface area (Å²) in [5.41, 5.74) is 0.929. The number of halogens is 3. The largest absolute Gasteiger partial charge is 0.416 e. The summed E-state index contributed by atoms with van der Waals surface area (Å²) in [6.07, 6.45) is -4.37. The van der Waals surface area contributed by atoms with Gasteiger partial charge in [0.1, 0.15) is 0 Å². The van der Waals surface area contributed by atoms with Crippen LogP contribution in [0.1, 0.15) is 22.7 Å². The van der Waals surface area contributed by atoms with Gasteiger partial charge in [0.2, 0.25) is 0 Å². The molecule has 1 unspecified atom stereocenters. The van der Waals surface area contributed by atoms with Crippen LogP contribution in [0, 0.1) is 0 Å². The molecule has 0 bridgehead atoms. The van der Waals surface area contributed by atoms with E-state index >= 15 is 0 Å². The molecule has 1 atom stereocenters. The summed E-state index contributed by atoms with van der Waals surface area (Å²) in [6, 6.07) is 14.1. The number of hydrogen-bond acceptors (Lipinski definition) is 3. The molecule has 0 spiro atoms. The number of urea groups is 1. The first-order valence-corrected chi connectivity index (χ1v) is 9.86. The topological polar surface area (TPSA) is 44.8 Å². The van der Waals surface area contributed by atoms with Crippen LogP contribution in [-0.4, -0.2) is 55.7 Å². The summed E-state index contributed by atoms with van der Waals surface area (Å²) in [5, 5.41) is 3.06. The smallest absolute Gasteiger partial charge is 0.379 e. The van der Waals surface area contributed by atoms with Crippen molar-refractivity contribution in [2.45, 2.75) is 18.8 Å². The second-order valence-electron chi connectivity index (χ2n) is 7.38. The molecule has 1 saturated heterocycles. The van der Waals surface area contributed by atoms with Crippen molar-refractivity contribution < 1.29 is 22.7 Å². The fraction of sp³-hybridized carbons (Fsp3) is 0.409. The molecule has 2 aromatic rings. The van der Waals surface area contributed by atoms with Crippen molar-refractivity contribution in [1.29, 1.82) is 0 Å². The van der Waals surface area contributed by atoms with E-state index in [1.165, 1.54) is 17.0 Å². The van der Waals surface area contributed by atoms with Crippen LogP contribution in [0.4, 0.5) is 18.0 Å². The van der Waals surface area contributed by atoms with Gasteiger partial charge < -0.3 is 15.0 Å². The molecule has 3 rings (SSSR count). The van der Waals surface area contributed by atoms with E-state index in [4.69, 9.17) is 4.74 Å². The molecule has 162 valence electrons. The predicted molar refractivity (Wildman–Crippen MR) is 108 cm³/mol. The van der Waals surface area contributed by atoms with Crippen molar-refractivity contribution in [1.82, 2.24) is 15.1 Å². The summed E-state index contributed by atoms with van der Waals surface area (Å²) < 4.78 is 43.6. The van der Waals surface area contributed by atoms with Crippen LogP contribution in [-0.2, 0) is 17.5 Å².